The van der Waals surface area contributed by atoms with E-state index < -0.39 is 22.3 Å². The third kappa shape index (κ3) is 8.09. The molecule has 0 radical (unpaired) electrons. The Kier molecular flexibility index (Phi) is 11.9. The summed E-state index contributed by atoms with van der Waals surface area (Å²) in [5.74, 6) is 0.295. The third-order valence-electron chi connectivity index (χ3n) is 7.47. The van der Waals surface area contributed by atoms with Gasteiger partial charge in [0.05, 0.1) is 37.6 Å². The van der Waals surface area contributed by atoms with Gasteiger partial charge < -0.3 is 46.0 Å². The van der Waals surface area contributed by atoms with E-state index in [1.165, 1.54) is 43.8 Å². The topological polar surface area (TPSA) is 195 Å². The maximum absolute atomic E-state index is 13.3. The van der Waals surface area contributed by atoms with E-state index in [1.807, 2.05) is 0 Å². The number of ether oxygens (including phenoxy) is 6. The average molecular weight is 764 g/mol. The molecule has 0 aliphatic heterocycles. The first-order valence-corrected chi connectivity index (χ1v) is 17.5. The molecule has 0 N–H and O–H groups in total. The van der Waals surface area contributed by atoms with Gasteiger partial charge >= 0.3 is 41.5 Å². The summed E-state index contributed by atoms with van der Waals surface area (Å²) < 4.78 is 83.7. The maximum atomic E-state index is 13.3. The number of thiazole rings is 1. The molecule has 18 heteroatoms. The Hall–Kier alpha value is -4.52. The smallest absolute Gasteiger partial charge is 0.716 e. The van der Waals surface area contributed by atoms with Crippen molar-refractivity contribution >= 4 is 65.8 Å². The summed E-state index contributed by atoms with van der Waals surface area (Å²) in [7, 11) is -2.03. The second-order valence-corrected chi connectivity index (χ2v) is 12.8. The van der Waals surface area contributed by atoms with Crippen molar-refractivity contribution in [1.82, 2.24) is 4.98 Å². The second kappa shape index (κ2) is 16.0. The van der Waals surface area contributed by atoms with Crippen LogP contribution in [-0.2, 0) is 33.1 Å². The zero-order chi connectivity index (χ0) is 36.4. The minimum atomic E-state index is -4.93. The molecule has 3 aromatic heterocycles. The number of aryl methyl sites for hydroxylation is 1. The number of aromatic nitrogens is 1. The van der Waals surface area contributed by atoms with Gasteiger partial charge in [-0.1, -0.05) is 0 Å². The molecule has 0 amide bonds. The predicted molar refractivity (Wildman–Crippen MR) is 181 cm³/mol. The number of carbonyl (C=O) groups is 2. The van der Waals surface area contributed by atoms with Crippen LogP contribution in [0.2, 0.25) is 0 Å². The number of furan rings is 2. The molecule has 0 saturated carbocycles. The van der Waals surface area contributed by atoms with Crippen molar-refractivity contribution in [3.05, 3.63) is 70.1 Å². The number of fused-ring (bicyclic) bond motifs is 3. The van der Waals surface area contributed by atoms with E-state index >= 15 is 0 Å². The van der Waals surface area contributed by atoms with Crippen molar-refractivity contribution in [1.29, 1.82) is 0 Å². The van der Waals surface area contributed by atoms with E-state index in [0.29, 0.717) is 54.4 Å². The van der Waals surface area contributed by atoms with E-state index in [9.17, 15) is 22.6 Å². The monoisotopic (exact) mass is 763 g/mol. The molecule has 6 rings (SSSR count). The molecule has 52 heavy (non-hydrogen) atoms. The quantitative estimate of drug-likeness (QED) is 0.0677. The first kappa shape index (κ1) is 38.7. The molecular formula is C34H30NNaO14S2. The summed E-state index contributed by atoms with van der Waals surface area (Å²) >= 11 is 1.20. The summed E-state index contributed by atoms with van der Waals surface area (Å²) in [5, 5.41) is 1.34. The largest absolute Gasteiger partial charge is 1.00 e. The zero-order valence-electron chi connectivity index (χ0n) is 28.8. The van der Waals surface area contributed by atoms with Crippen LogP contribution in [0.25, 0.3) is 32.2 Å². The molecular weight excluding hydrogens is 733 g/mol. The molecule has 0 atom stereocenters. The minimum Gasteiger partial charge on any atom is -0.716 e. The Balaban J connectivity index is 0.00000523. The van der Waals surface area contributed by atoms with Gasteiger partial charge in [-0.2, -0.15) is 0 Å². The average Bonchev–Trinajstić information content (AvgIpc) is 3.75. The van der Waals surface area contributed by atoms with Crippen LogP contribution in [0.15, 0.2) is 51.3 Å². The SMILES string of the molecule is CCOC(=O)c1c(C)oc2cc(OC)c(OCc3oc4cc(OC)c(OCc5nc6ccc(OS(=O)(=O)[O-])cc6s5)cc4c3C(=O)OCC)cc12.[Na+]. The van der Waals surface area contributed by atoms with Gasteiger partial charge in [-0.05, 0) is 45.0 Å². The van der Waals surface area contributed by atoms with Crippen LogP contribution >= 0.6 is 11.3 Å². The summed E-state index contributed by atoms with van der Waals surface area (Å²) in [6.45, 7) is 5.06. The number of rotatable bonds is 14. The van der Waals surface area contributed by atoms with E-state index in [4.69, 9.17) is 37.3 Å². The van der Waals surface area contributed by atoms with E-state index in [-0.39, 0.29) is 90.1 Å². The van der Waals surface area contributed by atoms with Gasteiger partial charge in [0, 0.05) is 29.0 Å². The van der Waals surface area contributed by atoms with E-state index in [2.05, 4.69) is 9.17 Å². The van der Waals surface area contributed by atoms with Crippen molar-refractivity contribution in [2.45, 2.75) is 34.0 Å². The van der Waals surface area contributed by atoms with Gasteiger partial charge in [-0.3, -0.25) is 0 Å². The molecule has 3 aromatic carbocycles. The summed E-state index contributed by atoms with van der Waals surface area (Å²) in [6.07, 6.45) is 0. The van der Waals surface area contributed by atoms with Crippen molar-refractivity contribution in [2.75, 3.05) is 27.4 Å². The third-order valence-corrected chi connectivity index (χ3v) is 8.86. The zero-order valence-corrected chi connectivity index (χ0v) is 32.5. The summed E-state index contributed by atoms with van der Waals surface area (Å²) in [6, 6.07) is 10.6. The molecule has 0 aliphatic rings. The van der Waals surface area contributed by atoms with Gasteiger partial charge in [-0.15, -0.1) is 11.3 Å². The van der Waals surface area contributed by atoms with Crippen LogP contribution < -0.4 is 52.7 Å². The Bertz CT molecular complexity index is 2400. The first-order chi connectivity index (χ1) is 24.4. The fourth-order valence-corrected chi connectivity index (χ4v) is 6.63. The molecule has 15 nitrogen and oxygen atoms in total. The van der Waals surface area contributed by atoms with Crippen molar-refractivity contribution in [2.24, 2.45) is 0 Å². The number of benzene rings is 3. The number of esters is 2. The van der Waals surface area contributed by atoms with Crippen LogP contribution in [0.5, 0.6) is 28.7 Å². The summed E-state index contributed by atoms with van der Waals surface area (Å²) in [4.78, 5) is 30.5. The van der Waals surface area contributed by atoms with Gasteiger partial charge in [0.1, 0.15) is 52.0 Å². The number of nitrogens with zero attached hydrogens (tertiary/aromatic N) is 1. The fraction of sp³-hybridized carbons (Fsp3) is 0.265. The molecule has 3 heterocycles. The van der Waals surface area contributed by atoms with E-state index in [1.54, 1.807) is 45.0 Å². The standard InChI is InChI=1S/C34H31NO14S2.Na/c1-6-43-33(36)31-17(3)47-22-13-24(41-4)26(11-19(22)31)45-15-28-32(34(37)44-7-2)20-12-27(25(42-5)14-23(20)48-28)46-16-30-35-21-9-8-18(10-29(21)50-30)49-51(38,39)40;/h8-14H,6-7,15-16H2,1-5H3,(H,38,39,40);/q;+1/p-1. The Morgan fingerprint density at radius 2 is 1.38 bits per heavy atom. The van der Waals surface area contributed by atoms with Gasteiger partial charge in [0.2, 0.25) is 0 Å². The van der Waals surface area contributed by atoms with Gasteiger partial charge in [0.15, 0.2) is 28.8 Å². The number of carbonyl (C=O) groups excluding carboxylic acids is 2. The van der Waals surface area contributed by atoms with E-state index in [0.717, 1.165) is 0 Å². The minimum absolute atomic E-state index is 0. The first-order valence-electron chi connectivity index (χ1n) is 15.3. The number of hydrogen-bond donors (Lipinski definition) is 0. The van der Waals surface area contributed by atoms with Crippen molar-refractivity contribution < 1.29 is 93.6 Å². The van der Waals surface area contributed by atoms with Crippen LogP contribution in [-0.4, -0.2) is 57.3 Å². The molecule has 0 saturated heterocycles. The molecule has 0 fully saturated rings. The second-order valence-electron chi connectivity index (χ2n) is 10.7. The Morgan fingerprint density at radius 3 is 1.98 bits per heavy atom. The molecule has 0 spiro atoms. The predicted octanol–water partition coefficient (Wildman–Crippen LogP) is 3.47. The fourth-order valence-electron chi connectivity index (χ4n) is 5.38. The molecule has 0 unspecified atom stereocenters. The summed E-state index contributed by atoms with van der Waals surface area (Å²) in [5.41, 5.74) is 1.59. The molecule has 0 aliphatic carbocycles. The van der Waals surface area contributed by atoms with Crippen molar-refractivity contribution in [3.63, 3.8) is 0 Å². The van der Waals surface area contributed by atoms with Crippen LogP contribution in [0.3, 0.4) is 0 Å². The maximum Gasteiger partial charge on any atom is 1.00 e. The molecule has 0 bridgehead atoms. The number of methoxy groups -OCH3 is 2. The van der Waals surface area contributed by atoms with Crippen LogP contribution in [0.4, 0.5) is 0 Å². The Morgan fingerprint density at radius 1 is 0.808 bits per heavy atom. The van der Waals surface area contributed by atoms with Gasteiger partial charge in [-0.25, -0.2) is 23.0 Å². The normalized spacial score (nSPS) is 11.3. The van der Waals surface area contributed by atoms with Crippen molar-refractivity contribution in [3.8, 4) is 28.7 Å². The van der Waals surface area contributed by atoms with Crippen LogP contribution in [0, 0.1) is 6.92 Å². The molecule has 268 valence electrons. The van der Waals surface area contributed by atoms with Gasteiger partial charge in [0.25, 0.3) is 10.4 Å². The number of hydrogen-bond acceptors (Lipinski definition) is 16. The van der Waals surface area contributed by atoms with Crippen LogP contribution in [0.1, 0.15) is 51.1 Å². The Labute approximate surface area is 322 Å². The molecule has 6 aromatic rings.